The molecule has 0 aromatic carbocycles. The predicted octanol–water partition coefficient (Wildman–Crippen LogP) is 2.11. The molecule has 0 bridgehead atoms. The summed E-state index contributed by atoms with van der Waals surface area (Å²) in [6.45, 7) is 4.81. The first kappa shape index (κ1) is 17.2. The molecule has 1 heterocycles. The average Bonchev–Trinajstić information content (AvgIpc) is 2.49. The van der Waals surface area contributed by atoms with Crippen molar-refractivity contribution in [2.75, 3.05) is 13.2 Å². The number of aromatic hydroxyl groups is 1. The second kappa shape index (κ2) is 8.42. The van der Waals surface area contributed by atoms with Crippen LogP contribution in [0.25, 0.3) is 6.08 Å². The Balaban J connectivity index is 2.57. The first-order valence-electron chi connectivity index (χ1n) is 7.26. The number of amides is 1. The van der Waals surface area contributed by atoms with Crippen molar-refractivity contribution in [2.24, 2.45) is 5.41 Å². The number of rotatable bonds is 8. The molecule has 0 radical (unpaired) electrons. The normalized spacial score (nSPS) is 11.8. The van der Waals surface area contributed by atoms with Crippen LogP contribution >= 0.6 is 0 Å². The van der Waals surface area contributed by atoms with Gasteiger partial charge in [-0.3, -0.25) is 9.78 Å². The Morgan fingerprint density at radius 3 is 2.67 bits per heavy atom. The Labute approximate surface area is 125 Å². The molecule has 1 aromatic rings. The summed E-state index contributed by atoms with van der Waals surface area (Å²) in [5, 5.41) is 21.3. The van der Waals surface area contributed by atoms with E-state index >= 15 is 0 Å². The Kier molecular flexibility index (Phi) is 6.88. The van der Waals surface area contributed by atoms with Gasteiger partial charge in [-0.1, -0.05) is 13.8 Å². The lowest BCUT2D eigenvalue weighted by Gasteiger charge is -2.31. The van der Waals surface area contributed by atoms with E-state index in [1.807, 2.05) is 0 Å². The van der Waals surface area contributed by atoms with E-state index in [0.29, 0.717) is 18.5 Å². The van der Waals surface area contributed by atoms with Gasteiger partial charge >= 0.3 is 0 Å². The number of carbonyl (C=O) groups is 1. The van der Waals surface area contributed by atoms with Crippen LogP contribution in [-0.4, -0.2) is 34.3 Å². The van der Waals surface area contributed by atoms with Crippen molar-refractivity contribution in [1.29, 1.82) is 0 Å². The summed E-state index contributed by atoms with van der Waals surface area (Å²) in [4.78, 5) is 15.7. The number of aliphatic hydroxyl groups is 1. The minimum Gasteiger partial charge on any atom is -0.506 e. The molecule has 1 rings (SSSR count). The van der Waals surface area contributed by atoms with Gasteiger partial charge in [0.2, 0.25) is 5.91 Å². The second-order valence-corrected chi connectivity index (χ2v) is 5.21. The van der Waals surface area contributed by atoms with Gasteiger partial charge in [0.25, 0.3) is 0 Å². The van der Waals surface area contributed by atoms with E-state index in [9.17, 15) is 9.90 Å². The van der Waals surface area contributed by atoms with Crippen molar-refractivity contribution in [1.82, 2.24) is 10.3 Å². The summed E-state index contributed by atoms with van der Waals surface area (Å²) >= 11 is 0. The highest BCUT2D eigenvalue weighted by molar-refractivity contribution is 5.91. The highest BCUT2D eigenvalue weighted by Gasteiger charge is 2.25. The molecule has 5 nitrogen and oxygen atoms in total. The molecular weight excluding hydrogens is 268 g/mol. The van der Waals surface area contributed by atoms with Crippen molar-refractivity contribution >= 4 is 12.0 Å². The molecule has 0 saturated heterocycles. The molecule has 116 valence electrons. The maximum atomic E-state index is 11.8. The summed E-state index contributed by atoms with van der Waals surface area (Å²) in [5.41, 5.74) is 0.614. The summed E-state index contributed by atoms with van der Waals surface area (Å²) < 4.78 is 0. The standard InChI is InChI=1S/C16H24N2O3/c1-3-16(4-2,7-8-19)12-18-15(21)6-5-13-9-14(20)11-17-10-13/h5-6,9-11,19-20H,3-4,7-8,12H2,1-2H3,(H,18,21)/b6-5+. The van der Waals surface area contributed by atoms with Crippen molar-refractivity contribution in [2.45, 2.75) is 33.1 Å². The fraction of sp³-hybridized carbons (Fsp3) is 0.500. The molecule has 5 heteroatoms. The molecular formula is C16H24N2O3. The zero-order valence-corrected chi connectivity index (χ0v) is 12.7. The SMILES string of the molecule is CCC(CC)(CCO)CNC(=O)/C=C/c1cncc(O)c1. The van der Waals surface area contributed by atoms with Gasteiger partial charge in [0.1, 0.15) is 5.75 Å². The minimum absolute atomic E-state index is 0.0508. The van der Waals surface area contributed by atoms with E-state index in [4.69, 9.17) is 5.11 Å². The molecule has 0 fully saturated rings. The van der Waals surface area contributed by atoms with E-state index in [2.05, 4.69) is 24.1 Å². The van der Waals surface area contributed by atoms with E-state index in [0.717, 1.165) is 12.8 Å². The fourth-order valence-electron chi connectivity index (χ4n) is 2.22. The van der Waals surface area contributed by atoms with E-state index in [1.165, 1.54) is 18.3 Å². The third-order valence-corrected chi connectivity index (χ3v) is 3.95. The number of nitrogens with zero attached hydrogens (tertiary/aromatic N) is 1. The highest BCUT2D eigenvalue weighted by atomic mass is 16.3. The summed E-state index contributed by atoms with van der Waals surface area (Å²) in [7, 11) is 0. The largest absolute Gasteiger partial charge is 0.506 e. The van der Waals surface area contributed by atoms with E-state index < -0.39 is 0 Å². The van der Waals surface area contributed by atoms with Gasteiger partial charge in [0, 0.05) is 25.4 Å². The topological polar surface area (TPSA) is 82.5 Å². The van der Waals surface area contributed by atoms with Crippen LogP contribution < -0.4 is 5.32 Å². The van der Waals surface area contributed by atoms with Crippen molar-refractivity contribution < 1.29 is 15.0 Å². The van der Waals surface area contributed by atoms with Gasteiger partial charge in [-0.15, -0.1) is 0 Å². The third-order valence-electron chi connectivity index (χ3n) is 3.95. The van der Waals surface area contributed by atoms with Crippen LogP contribution in [0.1, 0.15) is 38.7 Å². The molecule has 1 amide bonds. The summed E-state index contributed by atoms with van der Waals surface area (Å²) in [5.74, 6) is -0.126. The zero-order valence-electron chi connectivity index (χ0n) is 12.7. The lowest BCUT2D eigenvalue weighted by atomic mass is 9.79. The van der Waals surface area contributed by atoms with Crippen LogP contribution in [0.3, 0.4) is 0 Å². The number of hydrogen-bond acceptors (Lipinski definition) is 4. The minimum atomic E-state index is -0.192. The van der Waals surface area contributed by atoms with Gasteiger partial charge in [-0.2, -0.15) is 0 Å². The maximum Gasteiger partial charge on any atom is 0.244 e. The smallest absolute Gasteiger partial charge is 0.244 e. The molecule has 21 heavy (non-hydrogen) atoms. The van der Waals surface area contributed by atoms with Crippen LogP contribution in [-0.2, 0) is 4.79 Å². The number of nitrogens with one attached hydrogen (secondary N) is 1. The van der Waals surface area contributed by atoms with Crippen LogP contribution in [0.4, 0.5) is 0 Å². The number of hydrogen-bond donors (Lipinski definition) is 3. The predicted molar refractivity (Wildman–Crippen MR) is 82.7 cm³/mol. The third kappa shape index (κ3) is 5.55. The summed E-state index contributed by atoms with van der Waals surface area (Å²) in [6.07, 6.45) is 8.43. The molecule has 0 saturated carbocycles. The van der Waals surface area contributed by atoms with Crippen molar-refractivity contribution in [3.05, 3.63) is 30.1 Å². The molecule has 0 spiro atoms. The number of carbonyl (C=O) groups excluding carboxylic acids is 1. The van der Waals surface area contributed by atoms with Crippen molar-refractivity contribution in [3.8, 4) is 5.75 Å². The fourth-order valence-corrected chi connectivity index (χ4v) is 2.22. The molecule has 0 atom stereocenters. The van der Waals surface area contributed by atoms with Crippen molar-refractivity contribution in [3.63, 3.8) is 0 Å². The quantitative estimate of drug-likeness (QED) is 0.641. The van der Waals surface area contributed by atoms with Crippen LogP contribution in [0.15, 0.2) is 24.5 Å². The Morgan fingerprint density at radius 1 is 1.38 bits per heavy atom. The lowest BCUT2D eigenvalue weighted by molar-refractivity contribution is -0.117. The molecule has 1 aromatic heterocycles. The van der Waals surface area contributed by atoms with Gasteiger partial charge in [0.15, 0.2) is 0 Å². The van der Waals surface area contributed by atoms with Crippen LogP contribution in [0.2, 0.25) is 0 Å². The Bertz CT molecular complexity index is 482. The molecule has 3 N–H and O–H groups in total. The highest BCUT2D eigenvalue weighted by Crippen LogP contribution is 2.29. The first-order valence-corrected chi connectivity index (χ1v) is 7.26. The average molecular weight is 292 g/mol. The van der Waals surface area contributed by atoms with Gasteiger partial charge in [0.05, 0.1) is 6.20 Å². The molecule has 0 aliphatic heterocycles. The van der Waals surface area contributed by atoms with Crippen LogP contribution in [0, 0.1) is 5.41 Å². The monoisotopic (exact) mass is 292 g/mol. The lowest BCUT2D eigenvalue weighted by Crippen LogP contribution is -2.36. The summed E-state index contributed by atoms with van der Waals surface area (Å²) in [6, 6.07) is 1.53. The molecule has 0 unspecified atom stereocenters. The Hall–Kier alpha value is -1.88. The van der Waals surface area contributed by atoms with Gasteiger partial charge in [-0.05, 0) is 42.4 Å². The molecule has 0 aliphatic rings. The molecule has 0 aliphatic carbocycles. The van der Waals surface area contributed by atoms with E-state index in [1.54, 1.807) is 12.3 Å². The zero-order chi connectivity index (χ0) is 15.7. The van der Waals surface area contributed by atoms with Gasteiger partial charge in [-0.25, -0.2) is 0 Å². The van der Waals surface area contributed by atoms with E-state index in [-0.39, 0.29) is 23.7 Å². The van der Waals surface area contributed by atoms with Crippen LogP contribution in [0.5, 0.6) is 5.75 Å². The second-order valence-electron chi connectivity index (χ2n) is 5.21. The first-order chi connectivity index (χ1) is 10.0. The number of pyridine rings is 1. The Morgan fingerprint density at radius 2 is 2.10 bits per heavy atom. The maximum absolute atomic E-state index is 11.8. The number of aliphatic hydroxyl groups excluding tert-OH is 1. The van der Waals surface area contributed by atoms with Gasteiger partial charge < -0.3 is 15.5 Å². The number of aromatic nitrogens is 1.